The fourth-order valence-corrected chi connectivity index (χ4v) is 2.60. The third-order valence-corrected chi connectivity index (χ3v) is 3.74. The second kappa shape index (κ2) is 7.02. The van der Waals surface area contributed by atoms with E-state index in [-0.39, 0.29) is 0 Å². The number of carbonyl (C=O) groups excluding carboxylic acids is 4. The van der Waals surface area contributed by atoms with Gasteiger partial charge >= 0.3 is 12.1 Å². The van der Waals surface area contributed by atoms with Crippen molar-refractivity contribution in [2.45, 2.75) is 19.0 Å². The van der Waals surface area contributed by atoms with Gasteiger partial charge in [-0.3, -0.25) is 24.1 Å². The number of esters is 1. The first-order valence-electron chi connectivity index (χ1n) is 7.18. The Morgan fingerprint density at radius 3 is 2.21 bits per heavy atom. The number of hydrogen-bond donors (Lipinski definition) is 1. The van der Waals surface area contributed by atoms with Crippen molar-refractivity contribution in [3.05, 3.63) is 12.2 Å². The molecule has 132 valence electrons. The summed E-state index contributed by atoms with van der Waals surface area (Å²) in [6.45, 7) is -3.11. The molecule has 2 atom stereocenters. The number of fused-ring (bicyclic) bond motifs is 1. The summed E-state index contributed by atoms with van der Waals surface area (Å²) in [4.78, 5) is 47.7. The molecule has 0 aromatic heterocycles. The van der Waals surface area contributed by atoms with Crippen LogP contribution in [0.1, 0.15) is 12.8 Å². The van der Waals surface area contributed by atoms with Gasteiger partial charge in [-0.25, -0.2) is 0 Å². The highest BCUT2D eigenvalue weighted by Gasteiger charge is 2.47. The van der Waals surface area contributed by atoms with E-state index in [0.29, 0.717) is 12.8 Å². The van der Waals surface area contributed by atoms with Crippen molar-refractivity contribution >= 4 is 23.7 Å². The van der Waals surface area contributed by atoms with Crippen LogP contribution in [0.4, 0.5) is 13.2 Å². The lowest BCUT2D eigenvalue weighted by Gasteiger charge is -2.14. The second-order valence-corrected chi connectivity index (χ2v) is 5.47. The van der Waals surface area contributed by atoms with E-state index < -0.39 is 61.4 Å². The molecule has 1 fully saturated rings. The predicted octanol–water partition coefficient (Wildman–Crippen LogP) is 0.159. The molecule has 2 aliphatic rings. The molecule has 1 saturated heterocycles. The molecule has 0 radical (unpaired) electrons. The normalized spacial score (nSPS) is 23.2. The maximum Gasteiger partial charge on any atom is 0.405 e. The van der Waals surface area contributed by atoms with Gasteiger partial charge in [0.2, 0.25) is 11.8 Å². The van der Waals surface area contributed by atoms with Gasteiger partial charge in [-0.1, -0.05) is 12.2 Å². The average molecular weight is 348 g/mol. The lowest BCUT2D eigenvalue weighted by Crippen LogP contribution is -2.39. The van der Waals surface area contributed by atoms with Crippen LogP contribution in [0.2, 0.25) is 0 Å². The molecule has 0 aromatic rings. The number of hydrogen-bond acceptors (Lipinski definition) is 5. The van der Waals surface area contributed by atoms with Crippen LogP contribution in [0.3, 0.4) is 0 Å². The van der Waals surface area contributed by atoms with Gasteiger partial charge in [0.05, 0.1) is 11.8 Å². The summed E-state index contributed by atoms with van der Waals surface area (Å²) in [5.74, 6) is -4.11. The lowest BCUT2D eigenvalue weighted by atomic mass is 9.85. The Hall–Kier alpha value is -2.39. The molecule has 7 nitrogen and oxygen atoms in total. The standard InChI is InChI=1S/C14H15F3N2O5/c15-14(16,17)7-18-10(20)6-24-11(21)5-19-12(22)8-3-1-2-4-9(8)13(19)23/h1-2,8-9H,3-7H2,(H,18,20)/t8-,9-/m1/s1. The van der Waals surface area contributed by atoms with Crippen LogP contribution in [0.25, 0.3) is 0 Å². The largest absolute Gasteiger partial charge is 0.454 e. The van der Waals surface area contributed by atoms with Crippen molar-refractivity contribution in [1.82, 2.24) is 10.2 Å². The number of amides is 3. The molecule has 3 amide bonds. The summed E-state index contributed by atoms with van der Waals surface area (Å²) >= 11 is 0. The molecule has 2 rings (SSSR count). The third-order valence-electron chi connectivity index (χ3n) is 3.74. The van der Waals surface area contributed by atoms with Gasteiger partial charge in [0, 0.05) is 0 Å². The van der Waals surface area contributed by atoms with Crippen LogP contribution in [0, 0.1) is 11.8 Å². The average Bonchev–Trinajstić information content (AvgIpc) is 2.76. The number of rotatable bonds is 5. The molecule has 1 N–H and O–H groups in total. The Morgan fingerprint density at radius 2 is 1.71 bits per heavy atom. The molecule has 0 spiro atoms. The van der Waals surface area contributed by atoms with E-state index in [1.54, 1.807) is 12.2 Å². The summed E-state index contributed by atoms with van der Waals surface area (Å²) in [5.41, 5.74) is 0. The highest BCUT2D eigenvalue weighted by Crippen LogP contribution is 2.34. The summed E-state index contributed by atoms with van der Waals surface area (Å²) in [7, 11) is 0. The topological polar surface area (TPSA) is 92.8 Å². The second-order valence-electron chi connectivity index (χ2n) is 5.47. The van der Waals surface area contributed by atoms with Crippen molar-refractivity contribution in [2.24, 2.45) is 11.8 Å². The fraction of sp³-hybridized carbons (Fsp3) is 0.571. The molecule has 0 unspecified atom stereocenters. The van der Waals surface area contributed by atoms with E-state index in [1.165, 1.54) is 5.32 Å². The molecule has 0 saturated carbocycles. The first-order valence-corrected chi connectivity index (χ1v) is 7.18. The third kappa shape index (κ3) is 4.33. The van der Waals surface area contributed by atoms with Crippen LogP contribution in [-0.2, 0) is 23.9 Å². The van der Waals surface area contributed by atoms with E-state index in [4.69, 9.17) is 0 Å². The number of nitrogens with one attached hydrogen (secondary N) is 1. The van der Waals surface area contributed by atoms with E-state index in [2.05, 4.69) is 4.74 Å². The van der Waals surface area contributed by atoms with Gasteiger partial charge in [-0.2, -0.15) is 13.2 Å². The van der Waals surface area contributed by atoms with Crippen LogP contribution in [0.5, 0.6) is 0 Å². The maximum atomic E-state index is 12.1. The molecular formula is C14H15F3N2O5. The number of ether oxygens (including phenoxy) is 1. The number of likely N-dealkylation sites (tertiary alicyclic amines) is 1. The number of alkyl halides is 3. The number of halogens is 3. The minimum atomic E-state index is -4.57. The van der Waals surface area contributed by atoms with Crippen molar-refractivity contribution in [3.63, 3.8) is 0 Å². The molecule has 1 aliphatic heterocycles. The molecule has 10 heteroatoms. The Bertz CT molecular complexity index is 561. The Morgan fingerprint density at radius 1 is 1.17 bits per heavy atom. The summed E-state index contributed by atoms with van der Waals surface area (Å²) < 4.78 is 40.2. The van der Waals surface area contributed by atoms with Crippen LogP contribution >= 0.6 is 0 Å². The maximum absolute atomic E-state index is 12.1. The number of nitrogens with zero attached hydrogens (tertiary/aromatic N) is 1. The highest BCUT2D eigenvalue weighted by molar-refractivity contribution is 6.07. The molecule has 24 heavy (non-hydrogen) atoms. The van der Waals surface area contributed by atoms with Gasteiger partial charge in [0.15, 0.2) is 6.61 Å². The summed E-state index contributed by atoms with van der Waals surface area (Å²) in [6, 6.07) is 0. The SMILES string of the molecule is O=C(COC(=O)CN1C(=O)[C@@H]2CC=CC[C@H]2C1=O)NCC(F)(F)F. The number of carbonyl (C=O) groups is 4. The first kappa shape index (κ1) is 18.0. The van der Waals surface area contributed by atoms with Crippen LogP contribution in [0.15, 0.2) is 12.2 Å². The summed E-state index contributed by atoms with van der Waals surface area (Å²) in [5, 5.41) is 1.53. The zero-order valence-corrected chi connectivity index (χ0v) is 12.5. The van der Waals surface area contributed by atoms with Gasteiger partial charge < -0.3 is 10.1 Å². The van der Waals surface area contributed by atoms with Crippen LogP contribution in [-0.4, -0.2) is 54.5 Å². The minimum absolute atomic E-state index is 0.417. The fourth-order valence-electron chi connectivity index (χ4n) is 2.60. The van der Waals surface area contributed by atoms with Crippen molar-refractivity contribution in [1.29, 1.82) is 0 Å². The zero-order valence-electron chi connectivity index (χ0n) is 12.5. The molecular weight excluding hydrogens is 333 g/mol. The Balaban J connectivity index is 1.79. The lowest BCUT2D eigenvalue weighted by molar-refractivity contribution is -0.156. The number of allylic oxidation sites excluding steroid dienone is 2. The Labute approximate surface area is 134 Å². The van der Waals surface area contributed by atoms with Gasteiger partial charge in [0.25, 0.3) is 5.91 Å². The molecule has 1 aliphatic carbocycles. The van der Waals surface area contributed by atoms with Crippen molar-refractivity contribution in [3.8, 4) is 0 Å². The smallest absolute Gasteiger partial charge is 0.405 e. The predicted molar refractivity (Wildman–Crippen MR) is 72.1 cm³/mol. The number of imide groups is 1. The van der Waals surface area contributed by atoms with E-state index in [9.17, 15) is 32.3 Å². The zero-order chi connectivity index (χ0) is 17.9. The summed E-state index contributed by atoms with van der Waals surface area (Å²) in [6.07, 6.45) is -0.155. The monoisotopic (exact) mass is 348 g/mol. The molecule has 1 heterocycles. The Kier molecular flexibility index (Phi) is 5.25. The highest BCUT2D eigenvalue weighted by atomic mass is 19.4. The van der Waals surface area contributed by atoms with E-state index in [1.807, 2.05) is 0 Å². The molecule has 0 bridgehead atoms. The van der Waals surface area contributed by atoms with E-state index in [0.717, 1.165) is 4.90 Å². The quantitative estimate of drug-likeness (QED) is 0.434. The first-order chi connectivity index (χ1) is 11.2. The van der Waals surface area contributed by atoms with Crippen molar-refractivity contribution in [2.75, 3.05) is 19.7 Å². The van der Waals surface area contributed by atoms with Crippen molar-refractivity contribution < 1.29 is 37.1 Å². The minimum Gasteiger partial charge on any atom is -0.454 e. The van der Waals surface area contributed by atoms with Crippen LogP contribution < -0.4 is 5.32 Å². The van der Waals surface area contributed by atoms with Gasteiger partial charge in [-0.15, -0.1) is 0 Å². The van der Waals surface area contributed by atoms with Gasteiger partial charge in [0.1, 0.15) is 13.1 Å². The van der Waals surface area contributed by atoms with E-state index >= 15 is 0 Å². The molecule has 0 aromatic carbocycles. The van der Waals surface area contributed by atoms with Gasteiger partial charge in [-0.05, 0) is 12.8 Å².